The minimum atomic E-state index is -0.405. The summed E-state index contributed by atoms with van der Waals surface area (Å²) >= 11 is 1.68. The largest absolute Gasteiger partial charge is 0.343 e. The lowest BCUT2D eigenvalue weighted by Gasteiger charge is -2.22. The number of carbonyl (C=O) groups is 1. The molecule has 0 fully saturated rings. The zero-order chi connectivity index (χ0) is 17.5. The van der Waals surface area contributed by atoms with E-state index < -0.39 is 11.5 Å². The van der Waals surface area contributed by atoms with Crippen LogP contribution in [0.25, 0.3) is 0 Å². The van der Waals surface area contributed by atoms with E-state index in [2.05, 4.69) is 20.3 Å². The average molecular weight is 346 g/mol. The molecule has 24 heavy (non-hydrogen) atoms. The van der Waals surface area contributed by atoms with Crippen LogP contribution in [0.3, 0.4) is 0 Å². The molecule has 0 spiro atoms. The number of hydrogen-bond donors (Lipinski definition) is 2. The molecule has 0 aromatic carbocycles. The lowest BCUT2D eigenvalue weighted by Crippen LogP contribution is -2.35. The Kier molecular flexibility index (Phi) is 4.29. The van der Waals surface area contributed by atoms with Gasteiger partial charge in [0, 0.05) is 16.5 Å². The lowest BCUT2D eigenvalue weighted by molar-refractivity contribution is 0.0929. The van der Waals surface area contributed by atoms with Gasteiger partial charge < -0.3 is 10.3 Å². The number of fused-ring (bicyclic) bond motifs is 1. The Morgan fingerprint density at radius 3 is 2.83 bits per heavy atom. The van der Waals surface area contributed by atoms with Crippen LogP contribution in [0.1, 0.15) is 71.4 Å². The fourth-order valence-electron chi connectivity index (χ4n) is 2.85. The van der Waals surface area contributed by atoms with E-state index in [1.807, 2.05) is 27.7 Å². The molecule has 128 valence electrons. The van der Waals surface area contributed by atoms with E-state index in [9.17, 15) is 9.59 Å². The molecule has 1 amide bonds. The molecule has 0 bridgehead atoms. The second-order valence-corrected chi connectivity index (χ2v) is 8.47. The first-order chi connectivity index (χ1) is 11.3. The lowest BCUT2D eigenvalue weighted by atomic mass is 9.95. The highest BCUT2D eigenvalue weighted by molar-refractivity contribution is 7.11. The van der Waals surface area contributed by atoms with E-state index in [0.717, 1.165) is 30.0 Å². The minimum absolute atomic E-state index is 0.0436. The van der Waals surface area contributed by atoms with Crippen LogP contribution in [-0.2, 0) is 11.8 Å². The normalized spacial score (nSPS) is 17.4. The predicted octanol–water partition coefficient (Wildman–Crippen LogP) is 2.64. The first-order valence-electron chi connectivity index (χ1n) is 8.12. The monoisotopic (exact) mass is 346 g/mol. The fourth-order valence-corrected chi connectivity index (χ4v) is 3.89. The molecule has 0 unspecified atom stereocenters. The molecule has 1 aliphatic rings. The van der Waals surface area contributed by atoms with E-state index in [0.29, 0.717) is 5.82 Å². The molecule has 2 aromatic heterocycles. The Hall–Kier alpha value is -2.02. The SMILES string of the molecule is Cc1nc2c(s1)CCC[C@@H]2NC(=O)c1cnc(C(C)(C)C)[nH]c1=O. The number of rotatable bonds is 2. The van der Waals surface area contributed by atoms with Crippen LogP contribution < -0.4 is 10.9 Å². The number of thiazole rings is 1. The van der Waals surface area contributed by atoms with Gasteiger partial charge in [-0.3, -0.25) is 9.59 Å². The van der Waals surface area contributed by atoms with Gasteiger partial charge in [0.2, 0.25) is 0 Å². The Balaban J connectivity index is 1.83. The molecule has 1 aliphatic carbocycles. The van der Waals surface area contributed by atoms with Gasteiger partial charge in [-0.05, 0) is 26.2 Å². The molecule has 0 saturated carbocycles. The van der Waals surface area contributed by atoms with Crippen LogP contribution in [0.2, 0.25) is 0 Å². The van der Waals surface area contributed by atoms with E-state index in [4.69, 9.17) is 0 Å². The number of hydrogen-bond acceptors (Lipinski definition) is 5. The second kappa shape index (κ2) is 6.12. The molecule has 3 rings (SSSR count). The van der Waals surface area contributed by atoms with Crippen LogP contribution >= 0.6 is 11.3 Å². The smallest absolute Gasteiger partial charge is 0.263 e. The van der Waals surface area contributed by atoms with Crippen LogP contribution in [0, 0.1) is 6.92 Å². The summed E-state index contributed by atoms with van der Waals surface area (Å²) in [6, 6.07) is -0.132. The average Bonchev–Trinajstić information content (AvgIpc) is 2.87. The zero-order valence-corrected chi connectivity index (χ0v) is 15.2. The Morgan fingerprint density at radius 1 is 1.42 bits per heavy atom. The maximum atomic E-state index is 12.5. The second-order valence-electron chi connectivity index (χ2n) is 7.18. The molecule has 0 saturated heterocycles. The number of aromatic nitrogens is 3. The Labute approximate surface area is 144 Å². The number of nitrogens with zero attached hydrogens (tertiary/aromatic N) is 2. The molecule has 2 N–H and O–H groups in total. The van der Waals surface area contributed by atoms with E-state index in [1.54, 1.807) is 11.3 Å². The number of aromatic amines is 1. The van der Waals surface area contributed by atoms with Gasteiger partial charge in [-0.25, -0.2) is 9.97 Å². The summed E-state index contributed by atoms with van der Waals surface area (Å²) in [5.74, 6) is 0.173. The van der Waals surface area contributed by atoms with Crippen molar-refractivity contribution in [3.63, 3.8) is 0 Å². The van der Waals surface area contributed by atoms with E-state index in [1.165, 1.54) is 11.1 Å². The van der Waals surface area contributed by atoms with Crippen molar-refractivity contribution in [3.8, 4) is 0 Å². The van der Waals surface area contributed by atoms with Crippen molar-refractivity contribution in [2.45, 2.75) is 58.4 Å². The predicted molar refractivity (Wildman–Crippen MR) is 93.6 cm³/mol. The standard InChI is InChI=1S/C17H22N4O2S/c1-9-19-13-11(6-5-7-12(13)24-9)20-14(22)10-8-18-16(17(2,3)4)21-15(10)23/h8,11H,5-7H2,1-4H3,(H,20,22)(H,18,21,23)/t11-/m0/s1. The van der Waals surface area contributed by atoms with Crippen LogP contribution in [0.4, 0.5) is 0 Å². The highest BCUT2D eigenvalue weighted by Gasteiger charge is 2.27. The summed E-state index contributed by atoms with van der Waals surface area (Å²) in [6.07, 6.45) is 4.23. The number of carbonyl (C=O) groups excluding carboxylic acids is 1. The molecule has 0 aliphatic heterocycles. The molecule has 2 aromatic rings. The van der Waals surface area contributed by atoms with Crippen molar-refractivity contribution in [1.29, 1.82) is 0 Å². The van der Waals surface area contributed by atoms with Crippen molar-refractivity contribution in [3.05, 3.63) is 43.5 Å². The van der Waals surface area contributed by atoms with Crippen LogP contribution in [-0.4, -0.2) is 20.9 Å². The highest BCUT2D eigenvalue weighted by atomic mass is 32.1. The van der Waals surface area contributed by atoms with Crippen LogP contribution in [0.15, 0.2) is 11.0 Å². The summed E-state index contributed by atoms with van der Waals surface area (Å²) in [7, 11) is 0. The Morgan fingerprint density at radius 2 is 2.17 bits per heavy atom. The van der Waals surface area contributed by atoms with Gasteiger partial charge in [0.05, 0.1) is 16.7 Å². The first-order valence-corrected chi connectivity index (χ1v) is 8.94. The molecule has 1 atom stereocenters. The van der Waals surface area contributed by atoms with Gasteiger partial charge in [-0.2, -0.15) is 0 Å². The number of H-pyrrole nitrogens is 1. The first kappa shape index (κ1) is 16.8. The summed E-state index contributed by atoms with van der Waals surface area (Å²) in [5, 5.41) is 3.96. The number of nitrogens with one attached hydrogen (secondary N) is 2. The van der Waals surface area contributed by atoms with Crippen molar-refractivity contribution in [1.82, 2.24) is 20.3 Å². The molecule has 7 heteroatoms. The van der Waals surface area contributed by atoms with Gasteiger partial charge >= 0.3 is 0 Å². The van der Waals surface area contributed by atoms with Gasteiger partial charge in [0.1, 0.15) is 11.4 Å². The van der Waals surface area contributed by atoms with Crippen molar-refractivity contribution in [2.75, 3.05) is 0 Å². The zero-order valence-electron chi connectivity index (χ0n) is 14.4. The van der Waals surface area contributed by atoms with Crippen LogP contribution in [0.5, 0.6) is 0 Å². The summed E-state index contributed by atoms with van der Waals surface area (Å²) < 4.78 is 0. The Bertz CT molecular complexity index is 832. The van der Waals surface area contributed by atoms with E-state index >= 15 is 0 Å². The van der Waals surface area contributed by atoms with Crippen molar-refractivity contribution in [2.24, 2.45) is 0 Å². The molecular weight excluding hydrogens is 324 g/mol. The fraction of sp³-hybridized carbons (Fsp3) is 0.529. The maximum Gasteiger partial charge on any atom is 0.263 e. The third kappa shape index (κ3) is 3.26. The third-order valence-corrected chi connectivity index (χ3v) is 5.17. The van der Waals surface area contributed by atoms with Gasteiger partial charge in [0.15, 0.2) is 0 Å². The molecular formula is C17H22N4O2S. The minimum Gasteiger partial charge on any atom is -0.343 e. The van der Waals surface area contributed by atoms with Gasteiger partial charge in [0.25, 0.3) is 11.5 Å². The maximum absolute atomic E-state index is 12.5. The summed E-state index contributed by atoms with van der Waals surface area (Å²) in [6.45, 7) is 7.85. The van der Waals surface area contributed by atoms with Crippen molar-refractivity contribution >= 4 is 17.2 Å². The molecule has 2 heterocycles. The van der Waals surface area contributed by atoms with Crippen molar-refractivity contribution < 1.29 is 4.79 Å². The third-order valence-electron chi connectivity index (χ3n) is 4.12. The number of aryl methyl sites for hydroxylation is 2. The van der Waals surface area contributed by atoms with E-state index in [-0.39, 0.29) is 17.0 Å². The summed E-state index contributed by atoms with van der Waals surface area (Å²) in [4.78, 5) is 37.5. The molecule has 6 nitrogen and oxygen atoms in total. The highest BCUT2D eigenvalue weighted by Crippen LogP contribution is 2.33. The van der Waals surface area contributed by atoms with Gasteiger partial charge in [-0.1, -0.05) is 20.8 Å². The molecule has 0 radical (unpaired) electrons. The number of amides is 1. The topological polar surface area (TPSA) is 87.7 Å². The quantitative estimate of drug-likeness (QED) is 0.875. The van der Waals surface area contributed by atoms with Gasteiger partial charge in [-0.15, -0.1) is 11.3 Å². The summed E-state index contributed by atoms with van der Waals surface area (Å²) in [5.41, 5.74) is 0.317.